The van der Waals surface area contributed by atoms with E-state index in [-0.39, 0.29) is 11.8 Å². The third-order valence-electron chi connectivity index (χ3n) is 5.85. The summed E-state index contributed by atoms with van der Waals surface area (Å²) in [7, 11) is 0. The lowest BCUT2D eigenvalue weighted by molar-refractivity contribution is -0.120. The van der Waals surface area contributed by atoms with Crippen LogP contribution in [0, 0.1) is 11.3 Å². The van der Waals surface area contributed by atoms with Gasteiger partial charge in [0.1, 0.15) is 0 Å². The van der Waals surface area contributed by atoms with Gasteiger partial charge in [-0.25, -0.2) is 5.43 Å². The molecule has 4 aromatic rings. The Labute approximate surface area is 182 Å². The van der Waals surface area contributed by atoms with E-state index in [1.807, 2.05) is 12.1 Å². The fourth-order valence-corrected chi connectivity index (χ4v) is 3.88. The Morgan fingerprint density at radius 3 is 2.75 bits per heavy atom. The molecule has 0 aliphatic heterocycles. The SMILES string of the molecule is N#Cc1cccc(C=NNC(=O)c2ccc3c(c2)[nH]c2cnc(C4(C(N)=O)CC4)cc23)c1. The van der Waals surface area contributed by atoms with E-state index in [1.165, 1.54) is 6.21 Å². The summed E-state index contributed by atoms with van der Waals surface area (Å²) in [6.45, 7) is 0. The van der Waals surface area contributed by atoms with Crippen LogP contribution in [0.2, 0.25) is 0 Å². The highest BCUT2D eigenvalue weighted by molar-refractivity contribution is 6.09. The minimum atomic E-state index is -0.650. The fourth-order valence-electron chi connectivity index (χ4n) is 3.88. The molecular formula is C24H18N6O2. The molecule has 156 valence electrons. The van der Waals surface area contributed by atoms with E-state index < -0.39 is 5.41 Å². The summed E-state index contributed by atoms with van der Waals surface area (Å²) >= 11 is 0. The second-order valence-corrected chi connectivity index (χ2v) is 7.88. The zero-order chi connectivity index (χ0) is 22.3. The summed E-state index contributed by atoms with van der Waals surface area (Å²) in [6, 6.07) is 16.2. The van der Waals surface area contributed by atoms with E-state index in [9.17, 15) is 9.59 Å². The number of rotatable bonds is 5. The highest BCUT2D eigenvalue weighted by Crippen LogP contribution is 2.47. The molecule has 32 heavy (non-hydrogen) atoms. The average molecular weight is 422 g/mol. The number of hydrazone groups is 1. The molecule has 0 spiro atoms. The summed E-state index contributed by atoms with van der Waals surface area (Å²) in [5.41, 5.74) is 11.4. The first-order chi connectivity index (χ1) is 15.5. The molecule has 2 aromatic carbocycles. The number of nitrogens with two attached hydrogens (primary N) is 1. The van der Waals surface area contributed by atoms with Crippen molar-refractivity contribution >= 4 is 39.8 Å². The van der Waals surface area contributed by atoms with Crippen molar-refractivity contribution in [2.75, 3.05) is 0 Å². The van der Waals surface area contributed by atoms with Crippen molar-refractivity contribution in [1.29, 1.82) is 5.26 Å². The fraction of sp³-hybridized carbons (Fsp3) is 0.125. The molecule has 8 heteroatoms. The lowest BCUT2D eigenvalue weighted by atomic mass is 9.99. The highest BCUT2D eigenvalue weighted by atomic mass is 16.2. The first-order valence-corrected chi connectivity index (χ1v) is 10.1. The quantitative estimate of drug-likeness (QED) is 0.336. The van der Waals surface area contributed by atoms with Crippen LogP contribution in [-0.4, -0.2) is 28.0 Å². The van der Waals surface area contributed by atoms with Gasteiger partial charge in [0.25, 0.3) is 5.91 Å². The van der Waals surface area contributed by atoms with Gasteiger partial charge in [0.15, 0.2) is 0 Å². The number of primary amides is 1. The summed E-state index contributed by atoms with van der Waals surface area (Å²) in [5.74, 6) is -0.703. The van der Waals surface area contributed by atoms with E-state index >= 15 is 0 Å². The molecule has 1 saturated carbocycles. The van der Waals surface area contributed by atoms with Gasteiger partial charge in [-0.3, -0.25) is 14.6 Å². The van der Waals surface area contributed by atoms with Crippen molar-refractivity contribution in [2.24, 2.45) is 10.8 Å². The number of aromatic nitrogens is 2. The van der Waals surface area contributed by atoms with Gasteiger partial charge in [-0.1, -0.05) is 18.2 Å². The zero-order valence-electron chi connectivity index (χ0n) is 16.9. The standard InChI is InChI=1S/C24H18N6O2/c25-11-14-2-1-3-15(8-14)12-28-30-22(31)16-4-5-17-18-10-21(24(6-7-24)23(26)32)27-13-20(18)29-19(17)9-16/h1-5,8-10,12-13,29H,6-7H2,(H2,26,32)(H,30,31). The topological polar surface area (TPSA) is 137 Å². The van der Waals surface area contributed by atoms with Crippen LogP contribution >= 0.6 is 0 Å². The molecule has 4 N–H and O–H groups in total. The molecule has 0 saturated heterocycles. The van der Waals surface area contributed by atoms with Crippen molar-refractivity contribution in [1.82, 2.24) is 15.4 Å². The summed E-state index contributed by atoms with van der Waals surface area (Å²) in [5, 5.41) is 14.8. The van der Waals surface area contributed by atoms with E-state index in [0.717, 1.165) is 34.6 Å². The maximum atomic E-state index is 12.5. The molecule has 2 amide bonds. The normalized spacial score (nSPS) is 14.5. The molecular weight excluding hydrogens is 404 g/mol. The minimum Gasteiger partial charge on any atom is -0.369 e. The Bertz CT molecular complexity index is 1470. The van der Waals surface area contributed by atoms with E-state index in [2.05, 4.69) is 26.6 Å². The molecule has 0 bridgehead atoms. The van der Waals surface area contributed by atoms with Crippen molar-refractivity contribution < 1.29 is 9.59 Å². The number of carbonyl (C=O) groups is 2. The van der Waals surface area contributed by atoms with Crippen LogP contribution in [0.4, 0.5) is 0 Å². The number of amides is 2. The number of fused-ring (bicyclic) bond motifs is 3. The van der Waals surface area contributed by atoms with Crippen molar-refractivity contribution in [3.8, 4) is 6.07 Å². The Morgan fingerprint density at radius 1 is 1.16 bits per heavy atom. The summed E-state index contributed by atoms with van der Waals surface area (Å²) in [6.07, 6.45) is 4.62. The first-order valence-electron chi connectivity index (χ1n) is 10.1. The molecule has 1 fully saturated rings. The average Bonchev–Trinajstić information content (AvgIpc) is 3.55. The van der Waals surface area contributed by atoms with Crippen LogP contribution in [0.15, 0.2) is 59.8 Å². The second kappa shape index (κ2) is 7.32. The van der Waals surface area contributed by atoms with Gasteiger partial charge in [0.05, 0.1) is 40.7 Å². The molecule has 2 heterocycles. The van der Waals surface area contributed by atoms with Gasteiger partial charge in [-0.05, 0) is 48.7 Å². The smallest absolute Gasteiger partial charge is 0.271 e. The molecule has 0 atom stereocenters. The van der Waals surface area contributed by atoms with Gasteiger partial charge < -0.3 is 10.7 Å². The predicted octanol–water partition coefficient (Wildman–Crippen LogP) is 2.87. The van der Waals surface area contributed by atoms with Crippen LogP contribution in [0.25, 0.3) is 21.8 Å². The third-order valence-corrected chi connectivity index (χ3v) is 5.85. The molecule has 2 aromatic heterocycles. The number of nitrogens with one attached hydrogen (secondary N) is 2. The Morgan fingerprint density at radius 2 is 2.00 bits per heavy atom. The van der Waals surface area contributed by atoms with Crippen LogP contribution in [0.3, 0.4) is 0 Å². The van der Waals surface area contributed by atoms with Crippen LogP contribution in [0.1, 0.15) is 40.0 Å². The van der Waals surface area contributed by atoms with E-state index in [4.69, 9.17) is 11.0 Å². The largest absolute Gasteiger partial charge is 0.369 e. The maximum Gasteiger partial charge on any atom is 0.271 e. The first kappa shape index (κ1) is 19.5. The van der Waals surface area contributed by atoms with Crippen molar-refractivity contribution in [2.45, 2.75) is 18.3 Å². The Kier molecular flexibility index (Phi) is 4.45. The number of pyridine rings is 1. The molecule has 5 rings (SSSR count). The van der Waals surface area contributed by atoms with Crippen LogP contribution in [0.5, 0.6) is 0 Å². The monoisotopic (exact) mass is 422 g/mol. The number of H-pyrrole nitrogens is 1. The number of hydrogen-bond donors (Lipinski definition) is 3. The summed E-state index contributed by atoms with van der Waals surface area (Å²) < 4.78 is 0. The maximum absolute atomic E-state index is 12.5. The minimum absolute atomic E-state index is 0.344. The molecule has 0 unspecified atom stereocenters. The molecule has 0 radical (unpaired) electrons. The van der Waals surface area contributed by atoms with Gasteiger partial charge in [-0.15, -0.1) is 0 Å². The lowest BCUT2D eigenvalue weighted by Gasteiger charge is -2.09. The number of carbonyl (C=O) groups excluding carboxylic acids is 2. The Balaban J connectivity index is 1.40. The van der Waals surface area contributed by atoms with Gasteiger partial charge in [0, 0.05) is 21.9 Å². The number of benzene rings is 2. The van der Waals surface area contributed by atoms with Crippen LogP contribution < -0.4 is 11.2 Å². The lowest BCUT2D eigenvalue weighted by Crippen LogP contribution is -2.29. The van der Waals surface area contributed by atoms with Gasteiger partial charge in [-0.2, -0.15) is 10.4 Å². The number of aromatic amines is 1. The molecule has 1 aliphatic rings. The number of nitrogens with zero attached hydrogens (tertiary/aromatic N) is 3. The number of hydrogen-bond acceptors (Lipinski definition) is 5. The summed E-state index contributed by atoms with van der Waals surface area (Å²) in [4.78, 5) is 32.1. The van der Waals surface area contributed by atoms with Gasteiger partial charge in [0.2, 0.25) is 5.91 Å². The Hall–Kier alpha value is -4.51. The van der Waals surface area contributed by atoms with Crippen molar-refractivity contribution in [3.63, 3.8) is 0 Å². The second-order valence-electron chi connectivity index (χ2n) is 7.88. The van der Waals surface area contributed by atoms with E-state index in [1.54, 1.807) is 42.6 Å². The molecule has 1 aliphatic carbocycles. The van der Waals surface area contributed by atoms with E-state index in [0.29, 0.717) is 22.4 Å². The predicted molar refractivity (Wildman–Crippen MR) is 120 cm³/mol. The number of nitriles is 1. The third kappa shape index (κ3) is 3.26. The van der Waals surface area contributed by atoms with Crippen LogP contribution in [-0.2, 0) is 10.2 Å². The highest BCUT2D eigenvalue weighted by Gasteiger charge is 2.51. The van der Waals surface area contributed by atoms with Gasteiger partial charge >= 0.3 is 0 Å². The van der Waals surface area contributed by atoms with Crippen molar-refractivity contribution in [3.05, 3.63) is 77.1 Å². The zero-order valence-corrected chi connectivity index (χ0v) is 16.9. The molecule has 8 nitrogen and oxygen atoms in total.